The van der Waals surface area contributed by atoms with Crippen molar-refractivity contribution in [1.82, 2.24) is 4.90 Å². The maximum absolute atomic E-state index is 14.0. The van der Waals surface area contributed by atoms with Crippen LogP contribution in [0.3, 0.4) is 0 Å². The third-order valence-electron chi connectivity index (χ3n) is 6.58. The first-order valence-corrected chi connectivity index (χ1v) is 11.7. The zero-order chi connectivity index (χ0) is 27.6. The first kappa shape index (κ1) is 27.1. The average Bonchev–Trinajstić information content (AvgIpc) is 2.94. The van der Waals surface area contributed by atoms with Crippen molar-refractivity contribution in [3.05, 3.63) is 88.2 Å². The van der Waals surface area contributed by atoms with E-state index in [0.29, 0.717) is 11.3 Å². The molecule has 38 heavy (non-hydrogen) atoms. The number of halogens is 5. The molecule has 4 rings (SSSR count). The molecule has 3 aromatic carbocycles. The Morgan fingerprint density at radius 3 is 2.08 bits per heavy atom. The molecule has 200 valence electrons. The van der Waals surface area contributed by atoms with Crippen LogP contribution in [0.25, 0.3) is 0 Å². The van der Waals surface area contributed by atoms with Crippen molar-refractivity contribution in [3.8, 4) is 5.75 Å². The summed E-state index contributed by atoms with van der Waals surface area (Å²) in [7, 11) is 1.51. The van der Waals surface area contributed by atoms with Gasteiger partial charge in [-0.1, -0.05) is 6.07 Å². The largest absolute Gasteiger partial charge is 0.497 e. The molecule has 3 aromatic rings. The van der Waals surface area contributed by atoms with Crippen molar-refractivity contribution >= 4 is 23.1 Å². The highest BCUT2D eigenvalue weighted by Gasteiger charge is 2.30. The van der Waals surface area contributed by atoms with Crippen LogP contribution in [0.4, 0.5) is 33.3 Å². The number of hydrogen-bond acceptors (Lipinski definition) is 5. The van der Waals surface area contributed by atoms with Crippen LogP contribution in [0.15, 0.2) is 42.5 Å². The maximum Gasteiger partial charge on any atom is 0.227 e. The van der Waals surface area contributed by atoms with Gasteiger partial charge in [-0.3, -0.25) is 14.5 Å². The number of nitrogens with one attached hydrogen (secondary N) is 1. The van der Waals surface area contributed by atoms with Crippen LogP contribution in [-0.2, 0) is 11.3 Å². The number of ether oxygens (including phenoxy) is 1. The number of nitrogens with two attached hydrogens (primary N) is 1. The van der Waals surface area contributed by atoms with E-state index in [4.69, 9.17) is 10.5 Å². The number of piperidine rings is 1. The zero-order valence-corrected chi connectivity index (χ0v) is 20.3. The molecule has 1 aliphatic rings. The van der Waals surface area contributed by atoms with E-state index in [1.165, 1.54) is 12.0 Å². The van der Waals surface area contributed by atoms with Crippen molar-refractivity contribution in [1.29, 1.82) is 0 Å². The fourth-order valence-corrected chi connectivity index (χ4v) is 4.39. The van der Waals surface area contributed by atoms with E-state index in [9.17, 15) is 31.5 Å². The maximum atomic E-state index is 14.0. The summed E-state index contributed by atoms with van der Waals surface area (Å²) in [6, 6.07) is 11.2. The summed E-state index contributed by atoms with van der Waals surface area (Å²) in [5.41, 5.74) is 6.10. The molecule has 0 bridgehead atoms. The van der Waals surface area contributed by atoms with Gasteiger partial charge in [0.25, 0.3) is 0 Å². The van der Waals surface area contributed by atoms with Crippen molar-refractivity contribution in [2.75, 3.05) is 31.2 Å². The second-order valence-corrected chi connectivity index (χ2v) is 8.92. The molecule has 0 aliphatic carbocycles. The number of methoxy groups -OCH3 is 1. The lowest BCUT2D eigenvalue weighted by Crippen LogP contribution is -2.38. The van der Waals surface area contributed by atoms with E-state index in [1.807, 2.05) is 0 Å². The SMILES string of the molecule is COc1ccc(C(=O)c2cccc(N)c2NC(=O)C2CCN(Cc3c(F)c(F)c(F)c(F)c3F)CC2)cc1. The second kappa shape index (κ2) is 11.2. The molecule has 0 radical (unpaired) electrons. The Hall–Kier alpha value is -3.99. The van der Waals surface area contributed by atoms with Gasteiger partial charge in [0.2, 0.25) is 11.7 Å². The first-order valence-electron chi connectivity index (χ1n) is 11.7. The Morgan fingerprint density at radius 1 is 0.921 bits per heavy atom. The molecule has 6 nitrogen and oxygen atoms in total. The van der Waals surface area contributed by atoms with Gasteiger partial charge >= 0.3 is 0 Å². The molecule has 1 heterocycles. The van der Waals surface area contributed by atoms with Gasteiger partial charge in [-0.05, 0) is 62.3 Å². The van der Waals surface area contributed by atoms with Crippen LogP contribution in [-0.4, -0.2) is 36.8 Å². The van der Waals surface area contributed by atoms with Crippen LogP contribution < -0.4 is 15.8 Å². The van der Waals surface area contributed by atoms with Gasteiger partial charge in [0, 0.05) is 29.2 Å². The molecule has 11 heteroatoms. The molecule has 0 aromatic heterocycles. The van der Waals surface area contributed by atoms with Crippen LogP contribution in [0, 0.1) is 35.0 Å². The van der Waals surface area contributed by atoms with E-state index in [2.05, 4.69) is 5.32 Å². The lowest BCUT2D eigenvalue weighted by molar-refractivity contribution is -0.121. The molecule has 3 N–H and O–H groups in total. The highest BCUT2D eigenvalue weighted by molar-refractivity contribution is 6.15. The van der Waals surface area contributed by atoms with E-state index >= 15 is 0 Å². The molecular weight excluding hydrogens is 509 g/mol. The van der Waals surface area contributed by atoms with Crippen LogP contribution >= 0.6 is 0 Å². The molecule has 0 atom stereocenters. The minimum atomic E-state index is -2.20. The van der Waals surface area contributed by atoms with E-state index in [0.717, 1.165) is 0 Å². The number of anilines is 2. The number of hydrogen-bond donors (Lipinski definition) is 2. The van der Waals surface area contributed by atoms with Gasteiger partial charge < -0.3 is 15.8 Å². The quantitative estimate of drug-likeness (QED) is 0.146. The summed E-state index contributed by atoms with van der Waals surface area (Å²) in [6.45, 7) is -0.134. The number of rotatable bonds is 7. The van der Waals surface area contributed by atoms with E-state index < -0.39 is 53.0 Å². The summed E-state index contributed by atoms with van der Waals surface area (Å²) < 4.78 is 73.6. The summed E-state index contributed by atoms with van der Waals surface area (Å²) in [6.07, 6.45) is 0.519. The predicted octanol–water partition coefficient (Wildman–Crippen LogP) is 5.05. The molecule has 1 saturated heterocycles. The monoisotopic (exact) mass is 533 g/mol. The molecule has 0 spiro atoms. The number of nitrogen functional groups attached to an aromatic ring is 1. The third-order valence-corrected chi connectivity index (χ3v) is 6.58. The van der Waals surface area contributed by atoms with Gasteiger partial charge in [-0.15, -0.1) is 0 Å². The molecule has 0 saturated carbocycles. The number of carbonyl (C=O) groups excluding carboxylic acids is 2. The van der Waals surface area contributed by atoms with Gasteiger partial charge in [0.05, 0.1) is 18.5 Å². The van der Waals surface area contributed by atoms with Crippen LogP contribution in [0.5, 0.6) is 5.75 Å². The number of amides is 1. The summed E-state index contributed by atoms with van der Waals surface area (Å²) in [5, 5.41) is 2.74. The Kier molecular flexibility index (Phi) is 7.96. The lowest BCUT2D eigenvalue weighted by Gasteiger charge is -2.31. The Morgan fingerprint density at radius 2 is 1.50 bits per heavy atom. The summed E-state index contributed by atoms with van der Waals surface area (Å²) >= 11 is 0. The Bertz CT molecular complexity index is 1340. The number of likely N-dealkylation sites (tertiary alicyclic amines) is 1. The lowest BCUT2D eigenvalue weighted by atomic mass is 9.94. The zero-order valence-electron chi connectivity index (χ0n) is 20.3. The number of benzene rings is 3. The molecular formula is C27H24F5N3O3. The van der Waals surface area contributed by atoms with Gasteiger partial charge in [0.1, 0.15) is 5.75 Å². The number of carbonyl (C=O) groups is 2. The van der Waals surface area contributed by atoms with E-state index in [1.54, 1.807) is 42.5 Å². The van der Waals surface area contributed by atoms with Crippen molar-refractivity contribution in [2.24, 2.45) is 5.92 Å². The third kappa shape index (κ3) is 5.33. The summed E-state index contributed by atoms with van der Waals surface area (Å²) in [4.78, 5) is 27.7. The van der Waals surface area contributed by atoms with Crippen molar-refractivity contribution < 1.29 is 36.3 Å². The highest BCUT2D eigenvalue weighted by atomic mass is 19.2. The Labute approximate surface area is 215 Å². The molecule has 1 aliphatic heterocycles. The first-order chi connectivity index (χ1) is 18.1. The normalized spacial score (nSPS) is 14.4. The van der Waals surface area contributed by atoms with Gasteiger partial charge in [-0.25, -0.2) is 22.0 Å². The smallest absolute Gasteiger partial charge is 0.227 e. The number of ketones is 1. The number of nitrogens with zero attached hydrogens (tertiary/aromatic N) is 1. The van der Waals surface area contributed by atoms with Crippen LogP contribution in [0.1, 0.15) is 34.3 Å². The summed E-state index contributed by atoms with van der Waals surface area (Å²) in [5.74, 6) is -10.6. The van der Waals surface area contributed by atoms with Gasteiger partial charge in [-0.2, -0.15) is 0 Å². The second-order valence-electron chi connectivity index (χ2n) is 8.92. The number of para-hydroxylation sites is 1. The average molecular weight is 533 g/mol. The minimum Gasteiger partial charge on any atom is -0.497 e. The molecule has 1 fully saturated rings. The van der Waals surface area contributed by atoms with Gasteiger partial charge in [0.15, 0.2) is 29.1 Å². The van der Waals surface area contributed by atoms with Crippen molar-refractivity contribution in [3.63, 3.8) is 0 Å². The van der Waals surface area contributed by atoms with E-state index in [-0.39, 0.29) is 48.7 Å². The fraction of sp³-hybridized carbons (Fsp3) is 0.259. The Balaban J connectivity index is 1.44. The molecule has 1 amide bonds. The van der Waals surface area contributed by atoms with Crippen LogP contribution in [0.2, 0.25) is 0 Å². The topological polar surface area (TPSA) is 84.7 Å². The van der Waals surface area contributed by atoms with Crippen molar-refractivity contribution in [2.45, 2.75) is 19.4 Å². The molecule has 0 unspecified atom stereocenters. The minimum absolute atomic E-state index is 0.169. The fourth-order valence-electron chi connectivity index (χ4n) is 4.39. The predicted molar refractivity (Wildman–Crippen MR) is 130 cm³/mol. The highest BCUT2D eigenvalue weighted by Crippen LogP contribution is 2.30. The standard InChI is InChI=1S/C27H24F5N3O3/c1-38-16-7-5-14(6-8-16)26(36)17-3-2-4-19(33)25(17)34-27(37)15-9-11-35(12-10-15)13-18-20(28)22(30)24(32)23(31)21(18)29/h2-8,15H,9-13,33H2,1H3,(H,34,37).